The summed E-state index contributed by atoms with van der Waals surface area (Å²) in [5.41, 5.74) is 3.70. The molecule has 0 fully saturated rings. The number of fused-ring (bicyclic) bond motifs is 1. The van der Waals surface area contributed by atoms with Gasteiger partial charge in [0, 0.05) is 0 Å². The van der Waals surface area contributed by atoms with Crippen LogP contribution in [0.5, 0.6) is 17.2 Å². The first-order chi connectivity index (χ1) is 13.2. The van der Waals surface area contributed by atoms with E-state index >= 15 is 0 Å². The monoisotopic (exact) mass is 426 g/mol. The molecule has 0 saturated carbocycles. The summed E-state index contributed by atoms with van der Waals surface area (Å²) in [7, 11) is 4.82. The van der Waals surface area contributed by atoms with Crippen LogP contribution in [0.2, 0.25) is 0 Å². The molecule has 0 spiro atoms. The Kier molecular flexibility index (Phi) is 4.84. The molecular weight excluding hydrogens is 407 g/mol. The number of methoxy groups -OCH3 is 3. The van der Waals surface area contributed by atoms with Crippen LogP contribution in [-0.4, -0.2) is 44.2 Å². The van der Waals surface area contributed by atoms with Gasteiger partial charge in [0.1, 0.15) is 0 Å². The molecule has 6 heteroatoms. The SMILES string of the molecule is COc1cc(-c2n[se]nc2-c2ccc3ccccc3c2)cc(OC)c1OC. The molecule has 136 valence electrons. The van der Waals surface area contributed by atoms with Crippen LogP contribution in [0.15, 0.2) is 54.6 Å². The molecule has 1 heterocycles. The fourth-order valence-electron chi connectivity index (χ4n) is 3.12. The molecule has 3 aromatic carbocycles. The third kappa shape index (κ3) is 3.18. The Morgan fingerprint density at radius 2 is 1.30 bits per heavy atom. The molecule has 4 aromatic rings. The van der Waals surface area contributed by atoms with Gasteiger partial charge in [-0.15, -0.1) is 0 Å². The van der Waals surface area contributed by atoms with Gasteiger partial charge in [-0.25, -0.2) is 0 Å². The molecule has 0 amide bonds. The van der Waals surface area contributed by atoms with Crippen molar-refractivity contribution in [2.75, 3.05) is 21.3 Å². The molecule has 5 nitrogen and oxygen atoms in total. The number of hydrogen-bond donors (Lipinski definition) is 0. The molecular formula is C21H18N2O3Se. The predicted octanol–water partition coefficient (Wildman–Crippen LogP) is 4.05. The average molecular weight is 425 g/mol. The third-order valence-corrected chi connectivity index (χ3v) is 5.56. The fraction of sp³-hybridized carbons (Fsp3) is 0.143. The van der Waals surface area contributed by atoms with Gasteiger partial charge >= 0.3 is 164 Å². The first-order valence-corrected chi connectivity index (χ1v) is 9.90. The summed E-state index contributed by atoms with van der Waals surface area (Å²) in [6.07, 6.45) is 0. The minimum atomic E-state index is -0.170. The molecule has 27 heavy (non-hydrogen) atoms. The summed E-state index contributed by atoms with van der Waals surface area (Å²) in [5.74, 6) is 1.77. The zero-order chi connectivity index (χ0) is 18.8. The number of ether oxygens (including phenoxy) is 3. The van der Waals surface area contributed by atoms with Crippen LogP contribution in [-0.2, 0) is 0 Å². The van der Waals surface area contributed by atoms with Crippen molar-refractivity contribution >= 4 is 25.7 Å². The van der Waals surface area contributed by atoms with Crippen molar-refractivity contribution in [2.45, 2.75) is 0 Å². The van der Waals surface area contributed by atoms with Gasteiger partial charge in [-0.05, 0) is 0 Å². The molecule has 0 aliphatic heterocycles. The zero-order valence-electron chi connectivity index (χ0n) is 15.2. The van der Waals surface area contributed by atoms with Gasteiger partial charge in [-0.3, -0.25) is 0 Å². The van der Waals surface area contributed by atoms with E-state index in [2.05, 4.69) is 38.3 Å². The van der Waals surface area contributed by atoms with Crippen LogP contribution in [0, 0.1) is 0 Å². The van der Waals surface area contributed by atoms with E-state index in [4.69, 9.17) is 14.2 Å². The van der Waals surface area contributed by atoms with Crippen molar-refractivity contribution in [3.63, 3.8) is 0 Å². The molecule has 0 aliphatic rings. The third-order valence-electron chi connectivity index (χ3n) is 4.45. The van der Waals surface area contributed by atoms with E-state index in [1.807, 2.05) is 24.3 Å². The van der Waals surface area contributed by atoms with Crippen molar-refractivity contribution in [1.82, 2.24) is 7.96 Å². The van der Waals surface area contributed by atoms with Crippen molar-refractivity contribution in [1.29, 1.82) is 0 Å². The predicted molar refractivity (Wildman–Crippen MR) is 107 cm³/mol. The summed E-state index contributed by atoms with van der Waals surface area (Å²) < 4.78 is 25.7. The fourth-order valence-corrected chi connectivity index (χ4v) is 4.36. The van der Waals surface area contributed by atoms with Crippen LogP contribution in [0.25, 0.3) is 33.3 Å². The van der Waals surface area contributed by atoms with E-state index in [1.165, 1.54) is 10.8 Å². The second-order valence-electron chi connectivity index (χ2n) is 5.94. The number of hydrogen-bond acceptors (Lipinski definition) is 5. The van der Waals surface area contributed by atoms with Gasteiger partial charge in [0.2, 0.25) is 0 Å². The summed E-state index contributed by atoms with van der Waals surface area (Å²) in [4.78, 5) is 0. The number of aromatic nitrogens is 2. The van der Waals surface area contributed by atoms with Crippen LogP contribution in [0.1, 0.15) is 0 Å². The molecule has 0 unspecified atom stereocenters. The second kappa shape index (κ2) is 7.43. The van der Waals surface area contributed by atoms with Gasteiger partial charge in [0.15, 0.2) is 0 Å². The number of rotatable bonds is 5. The Labute approximate surface area is 163 Å². The molecule has 0 radical (unpaired) electrons. The standard InChI is InChI=1S/C21H18N2O3Se/c1-24-17-11-16(12-18(25-2)21(17)26-3)20-19(22-27-23-20)15-9-8-13-6-4-5-7-14(13)10-15/h4-12H,1-3H3. The van der Waals surface area contributed by atoms with Gasteiger partial charge in [-0.1, -0.05) is 0 Å². The van der Waals surface area contributed by atoms with Gasteiger partial charge < -0.3 is 0 Å². The molecule has 1 aromatic heterocycles. The Hall–Kier alpha value is -2.82. The summed E-state index contributed by atoms with van der Waals surface area (Å²) in [6.45, 7) is 0. The maximum absolute atomic E-state index is 5.48. The average Bonchev–Trinajstić information content (AvgIpc) is 3.22. The summed E-state index contributed by atoms with van der Waals surface area (Å²) in [5, 5.41) is 2.39. The molecule has 0 aliphatic carbocycles. The molecule has 0 bridgehead atoms. The number of nitrogens with zero attached hydrogens (tertiary/aromatic N) is 2. The molecule has 0 N–H and O–H groups in total. The van der Waals surface area contributed by atoms with E-state index in [0.717, 1.165) is 22.5 Å². The van der Waals surface area contributed by atoms with Crippen LogP contribution < -0.4 is 14.2 Å². The summed E-state index contributed by atoms with van der Waals surface area (Å²) in [6, 6.07) is 18.5. The van der Waals surface area contributed by atoms with Gasteiger partial charge in [0.05, 0.1) is 0 Å². The maximum atomic E-state index is 5.48. The first kappa shape index (κ1) is 17.6. The zero-order valence-corrected chi connectivity index (χ0v) is 16.9. The minimum absolute atomic E-state index is 0.170. The first-order valence-electron chi connectivity index (χ1n) is 8.37. The van der Waals surface area contributed by atoms with E-state index in [0.29, 0.717) is 17.2 Å². The topological polar surface area (TPSA) is 53.5 Å². The Morgan fingerprint density at radius 1 is 0.667 bits per heavy atom. The van der Waals surface area contributed by atoms with Crippen LogP contribution in [0.3, 0.4) is 0 Å². The van der Waals surface area contributed by atoms with Crippen LogP contribution in [0.4, 0.5) is 0 Å². The van der Waals surface area contributed by atoms with Crippen molar-refractivity contribution < 1.29 is 14.2 Å². The molecule has 0 atom stereocenters. The normalized spacial score (nSPS) is 10.8. The van der Waals surface area contributed by atoms with E-state index in [-0.39, 0.29) is 15.0 Å². The van der Waals surface area contributed by atoms with E-state index in [1.54, 1.807) is 21.3 Å². The quantitative estimate of drug-likeness (QED) is 0.452. The Balaban J connectivity index is 1.86. The second-order valence-corrected chi connectivity index (χ2v) is 7.05. The Morgan fingerprint density at radius 3 is 1.93 bits per heavy atom. The number of benzene rings is 3. The van der Waals surface area contributed by atoms with Gasteiger partial charge in [0.25, 0.3) is 0 Å². The van der Waals surface area contributed by atoms with Crippen molar-refractivity contribution in [2.24, 2.45) is 0 Å². The Bertz CT molecular complexity index is 1080. The van der Waals surface area contributed by atoms with E-state index < -0.39 is 0 Å². The van der Waals surface area contributed by atoms with Gasteiger partial charge in [-0.2, -0.15) is 0 Å². The molecule has 0 saturated heterocycles. The summed E-state index contributed by atoms with van der Waals surface area (Å²) >= 11 is -0.170. The van der Waals surface area contributed by atoms with Crippen molar-refractivity contribution in [3.8, 4) is 39.8 Å². The van der Waals surface area contributed by atoms with Crippen molar-refractivity contribution in [3.05, 3.63) is 54.6 Å². The van der Waals surface area contributed by atoms with Crippen LogP contribution >= 0.6 is 0 Å². The van der Waals surface area contributed by atoms with E-state index in [9.17, 15) is 0 Å². The molecule has 4 rings (SSSR count).